The first-order valence-electron chi connectivity index (χ1n) is 7.81. The zero-order chi connectivity index (χ0) is 15.8. The lowest BCUT2D eigenvalue weighted by molar-refractivity contribution is 0.398. The maximum Gasteiger partial charge on any atom is 0.137 e. The van der Waals surface area contributed by atoms with Crippen molar-refractivity contribution >= 4 is 0 Å². The van der Waals surface area contributed by atoms with Gasteiger partial charge in [-0.2, -0.15) is 0 Å². The molecule has 0 atom stereocenters. The SMILES string of the molecule is CCCCCCc1ccc(-c2noc(C)c2CN=[N+]=[N-])cc1. The lowest BCUT2D eigenvalue weighted by Gasteiger charge is -2.04. The molecule has 2 rings (SSSR count). The van der Waals surface area contributed by atoms with E-state index in [1.54, 1.807) is 0 Å². The summed E-state index contributed by atoms with van der Waals surface area (Å²) in [6, 6.07) is 8.41. The highest BCUT2D eigenvalue weighted by molar-refractivity contribution is 5.63. The number of hydrogen-bond donors (Lipinski definition) is 0. The first kappa shape index (κ1) is 16.1. The second kappa shape index (κ2) is 8.25. The quantitative estimate of drug-likeness (QED) is 0.276. The van der Waals surface area contributed by atoms with E-state index in [0.29, 0.717) is 5.76 Å². The average Bonchev–Trinajstić information content (AvgIpc) is 2.91. The smallest absolute Gasteiger partial charge is 0.137 e. The van der Waals surface area contributed by atoms with Crippen molar-refractivity contribution in [3.05, 3.63) is 51.6 Å². The predicted molar refractivity (Wildman–Crippen MR) is 87.4 cm³/mol. The summed E-state index contributed by atoms with van der Waals surface area (Å²) in [6.45, 7) is 4.32. The molecule has 0 amide bonds. The van der Waals surface area contributed by atoms with Crippen molar-refractivity contribution in [1.82, 2.24) is 5.16 Å². The minimum Gasteiger partial charge on any atom is -0.361 e. The zero-order valence-corrected chi connectivity index (χ0v) is 13.2. The summed E-state index contributed by atoms with van der Waals surface area (Å²) in [6.07, 6.45) is 6.20. The number of unbranched alkanes of at least 4 members (excludes halogenated alkanes) is 3. The maximum atomic E-state index is 8.48. The van der Waals surface area contributed by atoms with E-state index in [-0.39, 0.29) is 6.54 Å². The first-order valence-corrected chi connectivity index (χ1v) is 7.81. The largest absolute Gasteiger partial charge is 0.361 e. The second-order valence-electron chi connectivity index (χ2n) is 5.46. The molecule has 0 fully saturated rings. The van der Waals surface area contributed by atoms with Crippen molar-refractivity contribution in [3.63, 3.8) is 0 Å². The van der Waals surface area contributed by atoms with Crippen LogP contribution in [0, 0.1) is 6.92 Å². The monoisotopic (exact) mass is 298 g/mol. The second-order valence-corrected chi connectivity index (χ2v) is 5.46. The van der Waals surface area contributed by atoms with Crippen LogP contribution in [0.25, 0.3) is 21.7 Å². The highest BCUT2D eigenvalue weighted by Gasteiger charge is 2.13. The molecule has 116 valence electrons. The molecular weight excluding hydrogens is 276 g/mol. The molecule has 1 heterocycles. The highest BCUT2D eigenvalue weighted by Crippen LogP contribution is 2.26. The van der Waals surface area contributed by atoms with Crippen LogP contribution in [0.1, 0.15) is 49.5 Å². The van der Waals surface area contributed by atoms with Crippen LogP contribution in [0.2, 0.25) is 0 Å². The Balaban J connectivity index is 2.08. The Bertz CT molecular complexity index is 639. The standard InChI is InChI=1S/C17H22N4O/c1-3-4-5-6-7-14-8-10-15(11-9-14)17-16(12-19-21-18)13(2)22-20-17/h8-11H,3-7,12H2,1-2H3. The van der Waals surface area contributed by atoms with Crippen LogP contribution in [0.5, 0.6) is 0 Å². The van der Waals surface area contributed by atoms with Gasteiger partial charge in [0.2, 0.25) is 0 Å². The molecule has 1 aromatic carbocycles. The van der Waals surface area contributed by atoms with Crippen molar-refractivity contribution in [1.29, 1.82) is 0 Å². The fourth-order valence-corrected chi connectivity index (χ4v) is 2.49. The fraction of sp³-hybridized carbons (Fsp3) is 0.471. The Kier molecular flexibility index (Phi) is 6.04. The van der Waals surface area contributed by atoms with E-state index in [0.717, 1.165) is 23.2 Å². The first-order chi connectivity index (χ1) is 10.8. The van der Waals surface area contributed by atoms with Crippen LogP contribution >= 0.6 is 0 Å². The van der Waals surface area contributed by atoms with E-state index < -0.39 is 0 Å². The van der Waals surface area contributed by atoms with Crippen LogP contribution in [0.4, 0.5) is 0 Å². The Morgan fingerprint density at radius 1 is 1.18 bits per heavy atom. The van der Waals surface area contributed by atoms with Crippen molar-refractivity contribution < 1.29 is 4.52 Å². The number of aryl methyl sites for hydroxylation is 2. The van der Waals surface area contributed by atoms with E-state index in [2.05, 4.69) is 46.4 Å². The lowest BCUT2D eigenvalue weighted by Crippen LogP contribution is -1.89. The molecule has 0 aliphatic rings. The third kappa shape index (κ3) is 4.12. The van der Waals surface area contributed by atoms with Gasteiger partial charge in [0, 0.05) is 16.0 Å². The van der Waals surface area contributed by atoms with E-state index in [4.69, 9.17) is 10.1 Å². The Labute approximate surface area is 131 Å². The Hall–Kier alpha value is -2.26. The Morgan fingerprint density at radius 3 is 2.64 bits per heavy atom. The lowest BCUT2D eigenvalue weighted by atomic mass is 10.0. The molecule has 1 aromatic heterocycles. The van der Waals surface area contributed by atoms with Gasteiger partial charge in [-0.15, -0.1) is 0 Å². The highest BCUT2D eigenvalue weighted by atomic mass is 16.5. The number of azide groups is 1. The van der Waals surface area contributed by atoms with Crippen molar-refractivity contribution in [3.8, 4) is 11.3 Å². The molecule has 0 spiro atoms. The van der Waals surface area contributed by atoms with E-state index >= 15 is 0 Å². The van der Waals surface area contributed by atoms with Gasteiger partial charge in [-0.1, -0.05) is 60.7 Å². The molecule has 0 aliphatic carbocycles. The molecule has 0 saturated heterocycles. The van der Waals surface area contributed by atoms with Crippen LogP contribution in [-0.4, -0.2) is 5.16 Å². The van der Waals surface area contributed by atoms with Gasteiger partial charge < -0.3 is 4.52 Å². The van der Waals surface area contributed by atoms with E-state index in [9.17, 15) is 0 Å². The van der Waals surface area contributed by atoms with Crippen LogP contribution in [0.3, 0.4) is 0 Å². The molecule has 22 heavy (non-hydrogen) atoms. The van der Waals surface area contributed by atoms with Gasteiger partial charge in [0.05, 0.1) is 6.54 Å². The molecule has 5 nitrogen and oxygen atoms in total. The van der Waals surface area contributed by atoms with Crippen LogP contribution in [0.15, 0.2) is 33.9 Å². The molecular formula is C17H22N4O. The summed E-state index contributed by atoms with van der Waals surface area (Å²) < 4.78 is 5.24. The molecule has 2 aromatic rings. The summed E-state index contributed by atoms with van der Waals surface area (Å²) in [5.41, 5.74) is 12.4. The van der Waals surface area contributed by atoms with Gasteiger partial charge in [-0.05, 0) is 30.9 Å². The summed E-state index contributed by atoms with van der Waals surface area (Å²) in [4.78, 5) is 2.80. The van der Waals surface area contributed by atoms with Crippen LogP contribution in [-0.2, 0) is 13.0 Å². The Morgan fingerprint density at radius 2 is 1.95 bits per heavy atom. The van der Waals surface area contributed by atoms with Crippen LogP contribution < -0.4 is 0 Å². The normalized spacial score (nSPS) is 10.5. The minimum atomic E-state index is 0.264. The van der Waals surface area contributed by atoms with E-state index in [1.807, 2.05) is 6.92 Å². The van der Waals surface area contributed by atoms with Gasteiger partial charge >= 0.3 is 0 Å². The van der Waals surface area contributed by atoms with Gasteiger partial charge in [-0.25, -0.2) is 0 Å². The number of benzene rings is 1. The van der Waals surface area contributed by atoms with Gasteiger partial charge in [0.1, 0.15) is 11.5 Å². The third-order valence-corrected chi connectivity index (χ3v) is 3.82. The van der Waals surface area contributed by atoms with Crippen molar-refractivity contribution in [2.45, 2.75) is 52.5 Å². The van der Waals surface area contributed by atoms with Gasteiger partial charge in [0.25, 0.3) is 0 Å². The summed E-state index contributed by atoms with van der Waals surface area (Å²) >= 11 is 0. The number of hydrogen-bond acceptors (Lipinski definition) is 3. The molecule has 5 heteroatoms. The van der Waals surface area contributed by atoms with Gasteiger partial charge in [0.15, 0.2) is 0 Å². The topological polar surface area (TPSA) is 74.8 Å². The molecule has 0 radical (unpaired) electrons. The minimum absolute atomic E-state index is 0.264. The zero-order valence-electron chi connectivity index (χ0n) is 13.2. The van der Waals surface area contributed by atoms with Crippen molar-refractivity contribution in [2.24, 2.45) is 5.11 Å². The number of aromatic nitrogens is 1. The fourth-order valence-electron chi connectivity index (χ4n) is 2.49. The number of nitrogens with zero attached hydrogens (tertiary/aromatic N) is 4. The predicted octanol–water partition coefficient (Wildman–Crippen LogP) is 5.58. The molecule has 0 saturated carbocycles. The van der Waals surface area contributed by atoms with E-state index in [1.165, 1.54) is 31.2 Å². The molecule has 0 bridgehead atoms. The summed E-state index contributed by atoms with van der Waals surface area (Å²) in [5.74, 6) is 0.700. The molecule has 0 unspecified atom stereocenters. The van der Waals surface area contributed by atoms with Gasteiger partial charge in [-0.3, -0.25) is 0 Å². The maximum absolute atomic E-state index is 8.48. The molecule has 0 aliphatic heterocycles. The molecule has 0 N–H and O–H groups in total. The summed E-state index contributed by atoms with van der Waals surface area (Å²) in [5, 5.41) is 7.71. The average molecular weight is 298 g/mol. The van der Waals surface area contributed by atoms with Crippen molar-refractivity contribution in [2.75, 3.05) is 0 Å². The summed E-state index contributed by atoms with van der Waals surface area (Å²) in [7, 11) is 0. The third-order valence-electron chi connectivity index (χ3n) is 3.82. The number of rotatable bonds is 8.